The molecule has 0 bridgehead atoms. The number of benzene rings is 1. The zero-order valence-electron chi connectivity index (χ0n) is 11.5. The van der Waals surface area contributed by atoms with Gasteiger partial charge in [-0.2, -0.15) is 0 Å². The summed E-state index contributed by atoms with van der Waals surface area (Å²) in [5.74, 6) is 0.484. The molecular weight excluding hydrogens is 268 g/mol. The second kappa shape index (κ2) is 5.29. The van der Waals surface area contributed by atoms with E-state index in [9.17, 15) is 4.79 Å². The minimum atomic E-state index is -0.0573. The molecule has 1 aromatic heterocycles. The number of nitrogen functional groups attached to an aromatic ring is 1. The van der Waals surface area contributed by atoms with Crippen LogP contribution in [0.2, 0.25) is 0 Å². The van der Waals surface area contributed by atoms with Crippen molar-refractivity contribution < 1.29 is 4.79 Å². The van der Waals surface area contributed by atoms with E-state index < -0.39 is 0 Å². The highest BCUT2D eigenvalue weighted by Crippen LogP contribution is 2.41. The number of hydrogen-bond acceptors (Lipinski definition) is 3. The Morgan fingerprint density at radius 1 is 1.35 bits per heavy atom. The van der Waals surface area contributed by atoms with Gasteiger partial charge in [0.15, 0.2) is 0 Å². The fraction of sp³-hybridized carbons (Fsp3) is 0.312. The first-order valence-electron chi connectivity index (χ1n) is 6.87. The zero-order chi connectivity index (χ0) is 14.1. The zero-order valence-corrected chi connectivity index (χ0v) is 12.3. The fourth-order valence-electron chi connectivity index (χ4n) is 2.99. The van der Waals surface area contributed by atoms with E-state index in [1.54, 1.807) is 18.4 Å². The number of carbonyl (C=O) groups excluding carboxylic acids is 1. The van der Waals surface area contributed by atoms with Gasteiger partial charge in [0.2, 0.25) is 0 Å². The molecule has 3 nitrogen and oxygen atoms in total. The lowest BCUT2D eigenvalue weighted by Gasteiger charge is -2.23. The van der Waals surface area contributed by atoms with Crippen LogP contribution in [0.1, 0.15) is 38.7 Å². The molecule has 0 fully saturated rings. The fourth-order valence-corrected chi connectivity index (χ4v) is 4.19. The van der Waals surface area contributed by atoms with Crippen LogP contribution in [-0.2, 0) is 12.8 Å². The van der Waals surface area contributed by atoms with Crippen LogP contribution in [0, 0.1) is 0 Å². The molecule has 0 saturated carbocycles. The Hall–Kier alpha value is -1.81. The highest BCUT2D eigenvalue weighted by atomic mass is 32.1. The monoisotopic (exact) mass is 286 g/mol. The molecule has 0 radical (unpaired) electrons. The Labute approximate surface area is 122 Å². The number of rotatable bonds is 2. The summed E-state index contributed by atoms with van der Waals surface area (Å²) < 4.78 is 0. The molecule has 20 heavy (non-hydrogen) atoms. The number of anilines is 1. The van der Waals surface area contributed by atoms with Crippen LogP contribution < -0.4 is 11.1 Å². The van der Waals surface area contributed by atoms with Gasteiger partial charge in [0.05, 0.1) is 10.6 Å². The Morgan fingerprint density at radius 3 is 2.80 bits per heavy atom. The van der Waals surface area contributed by atoms with E-state index in [4.69, 9.17) is 5.73 Å². The van der Waals surface area contributed by atoms with E-state index in [1.165, 1.54) is 16.0 Å². The van der Waals surface area contributed by atoms with Gasteiger partial charge in [-0.05, 0) is 36.3 Å². The van der Waals surface area contributed by atoms with Gasteiger partial charge in [-0.25, -0.2) is 0 Å². The van der Waals surface area contributed by atoms with Crippen LogP contribution in [-0.4, -0.2) is 13.0 Å². The Kier molecular flexibility index (Phi) is 3.49. The van der Waals surface area contributed by atoms with Crippen LogP contribution in [0.25, 0.3) is 0 Å². The second-order valence-electron chi connectivity index (χ2n) is 5.17. The molecule has 0 saturated heterocycles. The first kappa shape index (κ1) is 13.2. The molecule has 1 unspecified atom stereocenters. The van der Waals surface area contributed by atoms with Crippen molar-refractivity contribution in [2.75, 3.05) is 12.8 Å². The summed E-state index contributed by atoms with van der Waals surface area (Å²) in [6, 6.07) is 10.6. The Morgan fingerprint density at radius 2 is 2.10 bits per heavy atom. The molecule has 2 aromatic rings. The van der Waals surface area contributed by atoms with Gasteiger partial charge < -0.3 is 11.1 Å². The summed E-state index contributed by atoms with van der Waals surface area (Å²) in [4.78, 5) is 13.2. The maximum absolute atomic E-state index is 11.9. The Balaban J connectivity index is 1.92. The predicted molar refractivity (Wildman–Crippen MR) is 83.3 cm³/mol. The van der Waals surface area contributed by atoms with Gasteiger partial charge in [-0.15, -0.1) is 11.3 Å². The van der Waals surface area contributed by atoms with Crippen LogP contribution in [0.15, 0.2) is 30.3 Å². The van der Waals surface area contributed by atoms with Crippen molar-refractivity contribution in [3.63, 3.8) is 0 Å². The van der Waals surface area contributed by atoms with Gasteiger partial charge in [0.1, 0.15) is 0 Å². The molecule has 3 N–H and O–H groups in total. The molecule has 104 valence electrons. The number of nitrogens with one attached hydrogen (secondary N) is 1. The van der Waals surface area contributed by atoms with E-state index in [0.29, 0.717) is 16.5 Å². The summed E-state index contributed by atoms with van der Waals surface area (Å²) in [5.41, 5.74) is 9.29. The van der Waals surface area contributed by atoms with Crippen molar-refractivity contribution in [3.05, 3.63) is 51.9 Å². The number of nitrogens with two attached hydrogens (primary N) is 1. The number of amides is 1. The minimum Gasteiger partial charge on any atom is -0.390 e. The van der Waals surface area contributed by atoms with Crippen molar-refractivity contribution in [2.24, 2.45) is 0 Å². The van der Waals surface area contributed by atoms with Gasteiger partial charge >= 0.3 is 0 Å². The highest BCUT2D eigenvalue weighted by molar-refractivity contribution is 7.16. The van der Waals surface area contributed by atoms with Gasteiger partial charge in [-0.1, -0.05) is 30.3 Å². The van der Waals surface area contributed by atoms with Gasteiger partial charge in [-0.3, -0.25) is 4.79 Å². The van der Waals surface area contributed by atoms with Crippen molar-refractivity contribution in [3.8, 4) is 0 Å². The van der Waals surface area contributed by atoms with E-state index in [2.05, 4.69) is 29.6 Å². The van der Waals surface area contributed by atoms with E-state index in [1.807, 2.05) is 6.07 Å². The summed E-state index contributed by atoms with van der Waals surface area (Å²) in [5, 5.41) is 3.34. The second-order valence-corrected chi connectivity index (χ2v) is 6.31. The normalized spacial score (nSPS) is 17.6. The van der Waals surface area contributed by atoms with E-state index >= 15 is 0 Å². The first-order valence-corrected chi connectivity index (χ1v) is 7.69. The first-order chi connectivity index (χ1) is 9.70. The number of hydrogen-bond donors (Lipinski definition) is 2. The van der Waals surface area contributed by atoms with Crippen LogP contribution in [0.5, 0.6) is 0 Å². The molecule has 1 atom stereocenters. The van der Waals surface area contributed by atoms with Crippen molar-refractivity contribution >= 4 is 22.2 Å². The maximum Gasteiger partial charge on any atom is 0.254 e. The molecule has 1 heterocycles. The minimum absolute atomic E-state index is 0.0573. The van der Waals surface area contributed by atoms with E-state index in [0.717, 1.165) is 19.3 Å². The van der Waals surface area contributed by atoms with Crippen LogP contribution in [0.4, 0.5) is 5.00 Å². The third-order valence-electron chi connectivity index (χ3n) is 4.02. The Bertz CT molecular complexity index is 633. The van der Waals surface area contributed by atoms with E-state index in [-0.39, 0.29) is 5.91 Å². The van der Waals surface area contributed by atoms with Crippen molar-refractivity contribution in [2.45, 2.75) is 25.2 Å². The standard InChI is InChI=1S/C16H18N2OS/c1-18-16(19)14-12-8-7-11(9-13(12)20-15(14)17)10-5-3-2-4-6-10/h2-6,11H,7-9,17H2,1H3,(H,18,19). The average molecular weight is 286 g/mol. The quantitative estimate of drug-likeness (QED) is 0.891. The van der Waals surface area contributed by atoms with Gasteiger partial charge in [0, 0.05) is 11.9 Å². The summed E-state index contributed by atoms with van der Waals surface area (Å²) in [6.45, 7) is 0. The third kappa shape index (κ3) is 2.20. The largest absolute Gasteiger partial charge is 0.390 e. The molecule has 0 aliphatic heterocycles. The van der Waals surface area contributed by atoms with Crippen molar-refractivity contribution in [1.29, 1.82) is 0 Å². The topological polar surface area (TPSA) is 55.1 Å². The third-order valence-corrected chi connectivity index (χ3v) is 5.10. The van der Waals surface area contributed by atoms with Crippen molar-refractivity contribution in [1.82, 2.24) is 5.32 Å². The summed E-state index contributed by atoms with van der Waals surface area (Å²) in [7, 11) is 1.65. The average Bonchev–Trinajstić information content (AvgIpc) is 2.82. The van der Waals surface area contributed by atoms with Crippen LogP contribution in [0.3, 0.4) is 0 Å². The SMILES string of the molecule is CNC(=O)c1c(N)sc2c1CCC(c1ccccc1)C2. The highest BCUT2D eigenvalue weighted by Gasteiger charge is 2.28. The smallest absolute Gasteiger partial charge is 0.254 e. The molecule has 0 spiro atoms. The predicted octanol–water partition coefficient (Wildman–Crippen LogP) is 2.96. The number of carbonyl (C=O) groups is 1. The summed E-state index contributed by atoms with van der Waals surface area (Å²) in [6.07, 6.45) is 3.01. The number of thiophene rings is 1. The van der Waals surface area contributed by atoms with Gasteiger partial charge in [0.25, 0.3) is 5.91 Å². The lowest BCUT2D eigenvalue weighted by Crippen LogP contribution is -2.21. The molecule has 1 amide bonds. The molecular formula is C16H18N2OS. The summed E-state index contributed by atoms with van der Waals surface area (Å²) >= 11 is 1.58. The molecule has 1 aromatic carbocycles. The maximum atomic E-state index is 11.9. The molecule has 1 aliphatic rings. The van der Waals surface area contributed by atoms with Crippen LogP contribution >= 0.6 is 11.3 Å². The lowest BCUT2D eigenvalue weighted by molar-refractivity contribution is 0.0963. The molecule has 3 rings (SSSR count). The lowest BCUT2D eigenvalue weighted by atomic mass is 9.83. The molecule has 4 heteroatoms. The number of fused-ring (bicyclic) bond motifs is 1. The molecule has 1 aliphatic carbocycles.